The summed E-state index contributed by atoms with van der Waals surface area (Å²) < 4.78 is 6.85. The number of nitrogens with one attached hydrogen (secondary N) is 1. The second-order valence-electron chi connectivity index (χ2n) is 5.81. The predicted octanol–water partition coefficient (Wildman–Crippen LogP) is 0.180. The number of Topliss-reactive ketones (excluding diaryl/α,β-unsaturated/α-hetero) is 1. The van der Waals surface area contributed by atoms with Gasteiger partial charge in [0.1, 0.15) is 17.4 Å². The topological polar surface area (TPSA) is 123 Å². The third-order valence-electron chi connectivity index (χ3n) is 3.68. The van der Waals surface area contributed by atoms with Crippen LogP contribution in [0.3, 0.4) is 0 Å². The first-order chi connectivity index (χ1) is 11.7. The number of carbonyl (C=O) groups is 2. The Bertz CT molecular complexity index is 829. The van der Waals surface area contributed by atoms with Crippen LogP contribution in [-0.2, 0) is 23.6 Å². The molecule has 0 radical (unpaired) electrons. The Morgan fingerprint density at radius 2 is 1.84 bits per heavy atom. The minimum Gasteiger partial charge on any atom is -0.464 e. The molecule has 0 saturated heterocycles. The number of hydrogen-bond donors (Lipinski definition) is 1. The van der Waals surface area contributed by atoms with Gasteiger partial charge in [-0.25, -0.2) is 9.59 Å². The maximum Gasteiger partial charge on any atom is 0.332 e. The van der Waals surface area contributed by atoms with E-state index in [0.29, 0.717) is 0 Å². The zero-order valence-electron chi connectivity index (χ0n) is 15.0. The summed E-state index contributed by atoms with van der Waals surface area (Å²) in [6.07, 6.45) is -0.520. The molecule has 0 unspecified atom stereocenters. The summed E-state index contributed by atoms with van der Waals surface area (Å²) in [7, 11) is 2.61. The van der Waals surface area contributed by atoms with Crippen molar-refractivity contribution in [2.45, 2.75) is 33.2 Å². The minimum atomic E-state index is -0.869. The summed E-state index contributed by atoms with van der Waals surface area (Å²) in [6, 6.07) is 0.819. The second kappa shape index (κ2) is 8.28. The molecule has 9 heteroatoms. The third-order valence-corrected chi connectivity index (χ3v) is 3.68. The maximum absolute atomic E-state index is 12.4. The van der Waals surface area contributed by atoms with Crippen molar-refractivity contribution >= 4 is 17.6 Å². The number of ketones is 1. The van der Waals surface area contributed by atoms with Gasteiger partial charge in [-0.05, 0) is 12.8 Å². The van der Waals surface area contributed by atoms with E-state index in [1.54, 1.807) is 26.8 Å². The highest BCUT2D eigenvalue weighted by atomic mass is 16.5. The Morgan fingerprint density at radius 3 is 2.32 bits per heavy atom. The lowest BCUT2D eigenvalue weighted by Gasteiger charge is -2.24. The number of ether oxygens (including phenoxy) is 1. The smallest absolute Gasteiger partial charge is 0.332 e. The van der Waals surface area contributed by atoms with Crippen LogP contribution in [0.15, 0.2) is 9.59 Å². The molecule has 1 rings (SSSR count). The lowest BCUT2D eigenvalue weighted by molar-refractivity contribution is -0.145. The van der Waals surface area contributed by atoms with Gasteiger partial charge in [-0.2, -0.15) is 5.26 Å². The van der Waals surface area contributed by atoms with Gasteiger partial charge in [-0.1, -0.05) is 13.8 Å². The predicted molar refractivity (Wildman–Crippen MR) is 90.4 cm³/mol. The Morgan fingerprint density at radius 1 is 1.24 bits per heavy atom. The molecule has 1 atom stereocenters. The van der Waals surface area contributed by atoms with E-state index in [0.717, 1.165) is 9.13 Å². The Kier molecular flexibility index (Phi) is 6.68. The Balaban J connectivity index is 3.59. The molecule has 1 heterocycles. The van der Waals surface area contributed by atoms with Crippen LogP contribution in [0.4, 0.5) is 5.82 Å². The standard InChI is InChI=1S/C16H22N4O5/c1-6-25-15(23)12(9(2)3)18-13-11(10(21)7-8-17)14(22)20(5)16(24)19(13)4/h9,12,18H,6-7H2,1-5H3/t12-/m0/s1. The fourth-order valence-corrected chi connectivity index (χ4v) is 2.30. The monoisotopic (exact) mass is 350 g/mol. The molecule has 1 N–H and O–H groups in total. The molecule has 0 aliphatic carbocycles. The number of nitrogens with zero attached hydrogens (tertiary/aromatic N) is 3. The maximum atomic E-state index is 12.4. The van der Waals surface area contributed by atoms with E-state index in [1.165, 1.54) is 14.1 Å². The van der Waals surface area contributed by atoms with Crippen molar-refractivity contribution in [3.8, 4) is 6.07 Å². The zero-order valence-corrected chi connectivity index (χ0v) is 15.0. The second-order valence-corrected chi connectivity index (χ2v) is 5.81. The zero-order chi connectivity index (χ0) is 19.3. The van der Waals surface area contributed by atoms with Gasteiger partial charge in [-0.15, -0.1) is 0 Å². The van der Waals surface area contributed by atoms with E-state index < -0.39 is 35.5 Å². The molecule has 0 aliphatic rings. The molecular formula is C16H22N4O5. The van der Waals surface area contributed by atoms with Crippen LogP contribution < -0.4 is 16.6 Å². The van der Waals surface area contributed by atoms with Gasteiger partial charge in [0.2, 0.25) is 0 Å². The van der Waals surface area contributed by atoms with Gasteiger partial charge in [0, 0.05) is 14.1 Å². The highest BCUT2D eigenvalue weighted by Gasteiger charge is 2.29. The molecular weight excluding hydrogens is 328 g/mol. The molecule has 0 amide bonds. The Labute approximate surface area is 144 Å². The lowest BCUT2D eigenvalue weighted by Crippen LogP contribution is -2.45. The summed E-state index contributed by atoms with van der Waals surface area (Å²) >= 11 is 0. The van der Waals surface area contributed by atoms with E-state index in [-0.39, 0.29) is 23.9 Å². The van der Waals surface area contributed by atoms with Gasteiger partial charge >= 0.3 is 11.7 Å². The van der Waals surface area contributed by atoms with Crippen LogP contribution in [-0.4, -0.2) is 33.5 Å². The van der Waals surface area contributed by atoms with Crippen molar-refractivity contribution in [1.82, 2.24) is 9.13 Å². The number of hydrogen-bond acceptors (Lipinski definition) is 7. The number of rotatable bonds is 7. The van der Waals surface area contributed by atoms with Crippen molar-refractivity contribution in [2.75, 3.05) is 11.9 Å². The summed E-state index contributed by atoms with van der Waals surface area (Å²) in [5, 5.41) is 11.6. The average Bonchev–Trinajstić information content (AvgIpc) is 2.54. The molecule has 1 aromatic heterocycles. The van der Waals surface area contributed by atoms with Crippen molar-refractivity contribution in [1.29, 1.82) is 5.26 Å². The van der Waals surface area contributed by atoms with E-state index >= 15 is 0 Å². The molecule has 136 valence electrons. The fraction of sp³-hybridized carbons (Fsp3) is 0.562. The van der Waals surface area contributed by atoms with E-state index in [2.05, 4.69) is 5.32 Å². The first-order valence-electron chi connectivity index (χ1n) is 7.80. The highest BCUT2D eigenvalue weighted by molar-refractivity contribution is 6.01. The number of aromatic nitrogens is 2. The van der Waals surface area contributed by atoms with E-state index in [1.807, 2.05) is 0 Å². The average molecular weight is 350 g/mol. The number of anilines is 1. The minimum absolute atomic E-state index is 0.0971. The van der Waals surface area contributed by atoms with E-state index in [4.69, 9.17) is 10.00 Å². The largest absolute Gasteiger partial charge is 0.464 e. The first-order valence-corrected chi connectivity index (χ1v) is 7.80. The van der Waals surface area contributed by atoms with Gasteiger partial charge in [0.15, 0.2) is 5.78 Å². The van der Waals surface area contributed by atoms with Gasteiger partial charge in [0.05, 0.1) is 19.1 Å². The highest BCUT2D eigenvalue weighted by Crippen LogP contribution is 2.16. The SMILES string of the molecule is CCOC(=O)[C@@H](Nc1c(C(=O)CC#N)c(=O)n(C)c(=O)n1C)C(C)C. The molecule has 25 heavy (non-hydrogen) atoms. The van der Waals surface area contributed by atoms with Crippen LogP contribution in [0, 0.1) is 17.2 Å². The molecule has 1 aromatic rings. The van der Waals surface area contributed by atoms with Crippen LogP contribution in [0.1, 0.15) is 37.6 Å². The first kappa shape index (κ1) is 20.2. The number of esters is 1. The molecule has 9 nitrogen and oxygen atoms in total. The Hall–Kier alpha value is -2.89. The van der Waals surface area contributed by atoms with Gasteiger partial charge in [0.25, 0.3) is 5.56 Å². The van der Waals surface area contributed by atoms with Crippen LogP contribution >= 0.6 is 0 Å². The molecule has 0 aromatic carbocycles. The number of nitriles is 1. The van der Waals surface area contributed by atoms with Crippen molar-refractivity contribution < 1.29 is 14.3 Å². The number of carbonyl (C=O) groups excluding carboxylic acids is 2. The summed E-state index contributed by atoms with van der Waals surface area (Å²) in [5.74, 6) is -1.63. The molecule has 0 spiro atoms. The van der Waals surface area contributed by atoms with Crippen LogP contribution in [0.2, 0.25) is 0 Å². The van der Waals surface area contributed by atoms with Crippen molar-refractivity contribution in [2.24, 2.45) is 20.0 Å². The molecule has 0 fully saturated rings. The van der Waals surface area contributed by atoms with Crippen molar-refractivity contribution in [3.05, 3.63) is 26.4 Å². The molecule has 0 saturated carbocycles. The quantitative estimate of drug-likeness (QED) is 0.549. The van der Waals surface area contributed by atoms with Gasteiger partial charge in [-0.3, -0.25) is 18.7 Å². The summed E-state index contributed by atoms with van der Waals surface area (Å²) in [6.45, 7) is 5.33. The summed E-state index contributed by atoms with van der Waals surface area (Å²) in [4.78, 5) is 49.0. The van der Waals surface area contributed by atoms with Crippen LogP contribution in [0.25, 0.3) is 0 Å². The molecule has 0 aliphatic heterocycles. The normalized spacial score (nSPS) is 11.7. The molecule has 0 bridgehead atoms. The van der Waals surface area contributed by atoms with Gasteiger partial charge < -0.3 is 10.1 Å². The van der Waals surface area contributed by atoms with Crippen molar-refractivity contribution in [3.63, 3.8) is 0 Å². The van der Waals surface area contributed by atoms with E-state index in [9.17, 15) is 19.2 Å². The fourth-order valence-electron chi connectivity index (χ4n) is 2.30. The van der Waals surface area contributed by atoms with Crippen LogP contribution in [0.5, 0.6) is 0 Å². The summed E-state index contributed by atoms with van der Waals surface area (Å²) in [5.41, 5.74) is -1.81. The third kappa shape index (κ3) is 4.15. The lowest BCUT2D eigenvalue weighted by atomic mass is 10.0.